The third kappa shape index (κ3) is 4.23. The van der Waals surface area contributed by atoms with Gasteiger partial charge in [0.2, 0.25) is 0 Å². The van der Waals surface area contributed by atoms with Crippen LogP contribution in [0.2, 0.25) is 0 Å². The summed E-state index contributed by atoms with van der Waals surface area (Å²) in [5.41, 5.74) is 6.22. The molecule has 1 fully saturated rings. The highest BCUT2D eigenvalue weighted by atomic mass is 15.2. The van der Waals surface area contributed by atoms with E-state index in [9.17, 15) is 0 Å². The smallest absolute Gasteiger partial charge is 0.0303 e. The highest BCUT2D eigenvalue weighted by molar-refractivity contribution is 4.90. The van der Waals surface area contributed by atoms with Crippen LogP contribution in [0.3, 0.4) is 0 Å². The quantitative estimate of drug-likeness (QED) is 0.769. The molecule has 0 bridgehead atoms. The largest absolute Gasteiger partial charge is 0.329 e. The van der Waals surface area contributed by atoms with Crippen molar-refractivity contribution in [3.63, 3.8) is 0 Å². The molecule has 0 aromatic rings. The van der Waals surface area contributed by atoms with E-state index < -0.39 is 0 Å². The summed E-state index contributed by atoms with van der Waals surface area (Å²) in [6, 6.07) is 0. The van der Waals surface area contributed by atoms with Crippen molar-refractivity contribution in [3.05, 3.63) is 0 Å². The summed E-state index contributed by atoms with van der Waals surface area (Å²) >= 11 is 0. The SMILES string of the molecule is CCCC(C)(CN)N1CCC(CN(C)C)CC1. The van der Waals surface area contributed by atoms with Gasteiger partial charge in [-0.1, -0.05) is 13.3 Å². The Morgan fingerprint density at radius 2 is 1.88 bits per heavy atom. The first-order valence-electron chi connectivity index (χ1n) is 7.11. The normalized spacial score (nSPS) is 22.9. The van der Waals surface area contributed by atoms with E-state index in [4.69, 9.17) is 5.73 Å². The lowest BCUT2D eigenvalue weighted by Gasteiger charge is -2.45. The van der Waals surface area contributed by atoms with Crippen LogP contribution in [-0.4, -0.2) is 55.6 Å². The second-order valence-electron chi connectivity index (χ2n) is 6.14. The second kappa shape index (κ2) is 6.72. The fourth-order valence-corrected chi connectivity index (χ4v) is 3.10. The predicted molar refractivity (Wildman–Crippen MR) is 75.2 cm³/mol. The Kier molecular flexibility index (Phi) is 5.90. The number of likely N-dealkylation sites (tertiary alicyclic amines) is 1. The summed E-state index contributed by atoms with van der Waals surface area (Å²) in [5.74, 6) is 0.880. The van der Waals surface area contributed by atoms with Crippen LogP contribution in [0, 0.1) is 5.92 Å². The summed E-state index contributed by atoms with van der Waals surface area (Å²) in [6.45, 7) is 9.08. The van der Waals surface area contributed by atoms with Crippen molar-refractivity contribution in [1.29, 1.82) is 0 Å². The number of hydrogen-bond donors (Lipinski definition) is 1. The Morgan fingerprint density at radius 1 is 1.29 bits per heavy atom. The lowest BCUT2D eigenvalue weighted by Crippen LogP contribution is -2.54. The fourth-order valence-electron chi connectivity index (χ4n) is 3.10. The van der Waals surface area contributed by atoms with E-state index in [2.05, 4.69) is 37.7 Å². The van der Waals surface area contributed by atoms with Gasteiger partial charge >= 0.3 is 0 Å². The van der Waals surface area contributed by atoms with Crippen LogP contribution in [-0.2, 0) is 0 Å². The average Bonchev–Trinajstić information content (AvgIpc) is 2.29. The van der Waals surface area contributed by atoms with Crippen molar-refractivity contribution >= 4 is 0 Å². The van der Waals surface area contributed by atoms with Gasteiger partial charge in [0.05, 0.1) is 0 Å². The first kappa shape index (κ1) is 14.9. The summed E-state index contributed by atoms with van der Waals surface area (Å²) < 4.78 is 0. The van der Waals surface area contributed by atoms with E-state index in [1.165, 1.54) is 45.3 Å². The lowest BCUT2D eigenvalue weighted by atomic mass is 9.88. The van der Waals surface area contributed by atoms with E-state index in [1.54, 1.807) is 0 Å². The Hall–Kier alpha value is -0.120. The maximum Gasteiger partial charge on any atom is 0.0303 e. The zero-order valence-corrected chi connectivity index (χ0v) is 12.2. The monoisotopic (exact) mass is 241 g/mol. The molecule has 0 amide bonds. The van der Waals surface area contributed by atoms with Gasteiger partial charge in [-0.25, -0.2) is 0 Å². The van der Waals surface area contributed by atoms with Gasteiger partial charge in [0.25, 0.3) is 0 Å². The van der Waals surface area contributed by atoms with Gasteiger partial charge in [0, 0.05) is 18.6 Å². The number of rotatable bonds is 6. The molecule has 0 aromatic heterocycles. The molecule has 3 heteroatoms. The molecule has 0 spiro atoms. The molecule has 2 N–H and O–H groups in total. The highest BCUT2D eigenvalue weighted by Gasteiger charge is 2.32. The molecule has 0 aliphatic carbocycles. The number of nitrogens with two attached hydrogens (primary N) is 1. The van der Waals surface area contributed by atoms with Gasteiger partial charge in [-0.05, 0) is 59.3 Å². The molecule has 1 rings (SSSR count). The third-order valence-electron chi connectivity index (χ3n) is 4.23. The molecule has 0 saturated carbocycles. The first-order chi connectivity index (χ1) is 8.01. The molecule has 0 radical (unpaired) electrons. The van der Waals surface area contributed by atoms with Crippen LogP contribution in [0.15, 0.2) is 0 Å². The van der Waals surface area contributed by atoms with Gasteiger partial charge in [0.1, 0.15) is 0 Å². The molecule has 3 nitrogen and oxygen atoms in total. The molecule has 17 heavy (non-hydrogen) atoms. The van der Waals surface area contributed by atoms with Gasteiger partial charge in [0.15, 0.2) is 0 Å². The van der Waals surface area contributed by atoms with Gasteiger partial charge in [-0.2, -0.15) is 0 Å². The van der Waals surface area contributed by atoms with Crippen LogP contribution >= 0.6 is 0 Å². The van der Waals surface area contributed by atoms with Crippen molar-refractivity contribution < 1.29 is 0 Å². The van der Waals surface area contributed by atoms with Crippen LogP contribution in [0.5, 0.6) is 0 Å². The van der Waals surface area contributed by atoms with Crippen LogP contribution < -0.4 is 5.73 Å². The summed E-state index contributed by atoms with van der Waals surface area (Å²) in [7, 11) is 4.35. The Bertz CT molecular complexity index is 210. The van der Waals surface area contributed by atoms with E-state index >= 15 is 0 Å². The van der Waals surface area contributed by atoms with E-state index in [1.807, 2.05) is 0 Å². The summed E-state index contributed by atoms with van der Waals surface area (Å²) in [4.78, 5) is 4.94. The number of nitrogens with zero attached hydrogens (tertiary/aromatic N) is 2. The number of piperidine rings is 1. The van der Waals surface area contributed by atoms with Gasteiger partial charge in [-0.3, -0.25) is 4.90 Å². The Balaban J connectivity index is 2.44. The molecule has 102 valence electrons. The molecule has 1 aliphatic heterocycles. The van der Waals surface area contributed by atoms with Crippen LogP contribution in [0.25, 0.3) is 0 Å². The first-order valence-corrected chi connectivity index (χ1v) is 7.11. The maximum atomic E-state index is 5.99. The average molecular weight is 241 g/mol. The minimum atomic E-state index is 0.234. The minimum Gasteiger partial charge on any atom is -0.329 e. The third-order valence-corrected chi connectivity index (χ3v) is 4.23. The zero-order chi connectivity index (χ0) is 12.9. The number of hydrogen-bond acceptors (Lipinski definition) is 3. The molecule has 1 atom stereocenters. The summed E-state index contributed by atoms with van der Waals surface area (Å²) in [5, 5.41) is 0. The topological polar surface area (TPSA) is 32.5 Å². The minimum absolute atomic E-state index is 0.234. The Morgan fingerprint density at radius 3 is 2.29 bits per heavy atom. The van der Waals surface area contributed by atoms with E-state index in [-0.39, 0.29) is 5.54 Å². The molecule has 0 aromatic carbocycles. The molecular formula is C14H31N3. The molecule has 1 saturated heterocycles. The summed E-state index contributed by atoms with van der Waals surface area (Å²) in [6.07, 6.45) is 5.11. The van der Waals surface area contributed by atoms with Crippen molar-refractivity contribution in [1.82, 2.24) is 9.80 Å². The standard InChI is InChI=1S/C14H31N3/c1-5-8-14(2,12-15)17-9-6-13(7-10-17)11-16(3)4/h13H,5-12,15H2,1-4H3. The van der Waals surface area contributed by atoms with Gasteiger partial charge < -0.3 is 10.6 Å². The van der Waals surface area contributed by atoms with Crippen molar-refractivity contribution in [3.8, 4) is 0 Å². The lowest BCUT2D eigenvalue weighted by molar-refractivity contribution is 0.0552. The fraction of sp³-hybridized carbons (Fsp3) is 1.00. The van der Waals surface area contributed by atoms with E-state index in [0.29, 0.717) is 0 Å². The second-order valence-corrected chi connectivity index (χ2v) is 6.14. The van der Waals surface area contributed by atoms with Crippen LogP contribution in [0.4, 0.5) is 0 Å². The van der Waals surface area contributed by atoms with Crippen molar-refractivity contribution in [2.45, 2.75) is 45.1 Å². The molecular weight excluding hydrogens is 210 g/mol. The van der Waals surface area contributed by atoms with Crippen molar-refractivity contribution in [2.24, 2.45) is 11.7 Å². The van der Waals surface area contributed by atoms with E-state index in [0.717, 1.165) is 12.5 Å². The zero-order valence-electron chi connectivity index (χ0n) is 12.2. The predicted octanol–water partition coefficient (Wildman–Crippen LogP) is 1.78. The highest BCUT2D eigenvalue weighted by Crippen LogP contribution is 2.27. The maximum absolute atomic E-state index is 5.99. The molecule has 1 unspecified atom stereocenters. The molecule has 1 aliphatic rings. The van der Waals surface area contributed by atoms with Gasteiger partial charge in [-0.15, -0.1) is 0 Å². The molecule has 1 heterocycles. The van der Waals surface area contributed by atoms with Crippen molar-refractivity contribution in [2.75, 3.05) is 40.3 Å². The van der Waals surface area contributed by atoms with Crippen LogP contribution in [0.1, 0.15) is 39.5 Å². The Labute approximate surface area is 107 Å².